The number of oxime groups is 1. The van der Waals surface area contributed by atoms with Crippen LogP contribution in [0.4, 0.5) is 0 Å². The van der Waals surface area contributed by atoms with Gasteiger partial charge in [0.1, 0.15) is 5.75 Å². The molecule has 0 bridgehead atoms. The third-order valence-corrected chi connectivity index (χ3v) is 1.88. The molecule has 0 saturated carbocycles. The van der Waals surface area contributed by atoms with Crippen molar-refractivity contribution in [3.63, 3.8) is 0 Å². The molecule has 1 amide bonds. The van der Waals surface area contributed by atoms with Crippen LogP contribution >= 0.6 is 0 Å². The van der Waals surface area contributed by atoms with Gasteiger partial charge < -0.3 is 21.0 Å². The predicted molar refractivity (Wildman–Crippen MR) is 66.8 cm³/mol. The number of hydrogen-bond acceptors (Lipinski definition) is 5. The minimum absolute atomic E-state index is 0.0231. The average Bonchev–Trinajstić information content (AvgIpc) is 2.42. The molecule has 0 aliphatic carbocycles. The van der Waals surface area contributed by atoms with E-state index < -0.39 is 11.9 Å². The largest absolute Gasteiger partial charge is 0.484 e. The van der Waals surface area contributed by atoms with Crippen LogP contribution in [0.25, 0.3) is 0 Å². The molecule has 1 rings (SSSR count). The third-order valence-electron chi connectivity index (χ3n) is 1.88. The van der Waals surface area contributed by atoms with Crippen molar-refractivity contribution in [2.75, 3.05) is 6.61 Å². The lowest BCUT2D eigenvalue weighted by molar-refractivity contribution is -0.136. The summed E-state index contributed by atoms with van der Waals surface area (Å²) in [5, 5.41) is 3.36. The van der Waals surface area contributed by atoms with Crippen molar-refractivity contribution in [3.05, 3.63) is 29.8 Å². The number of hydrogen-bond donors (Lipinski definition) is 2. The van der Waals surface area contributed by atoms with Gasteiger partial charge in [0.25, 0.3) is 5.91 Å². The molecule has 0 aliphatic rings. The second-order valence-corrected chi connectivity index (χ2v) is 3.28. The molecule has 1 aromatic rings. The van der Waals surface area contributed by atoms with Crippen LogP contribution in [0.2, 0.25) is 0 Å². The third kappa shape index (κ3) is 4.79. The van der Waals surface area contributed by atoms with Gasteiger partial charge in [0.15, 0.2) is 12.4 Å². The molecule has 0 fully saturated rings. The van der Waals surface area contributed by atoms with E-state index in [2.05, 4.69) is 9.99 Å². The Balaban J connectivity index is 2.68. The maximum absolute atomic E-state index is 10.7. The molecule has 7 nitrogen and oxygen atoms in total. The van der Waals surface area contributed by atoms with Crippen LogP contribution in [0.15, 0.2) is 29.4 Å². The quantitative estimate of drug-likeness (QED) is 0.240. The van der Waals surface area contributed by atoms with E-state index >= 15 is 0 Å². The number of amidine groups is 1. The highest BCUT2D eigenvalue weighted by Gasteiger charge is 2.03. The van der Waals surface area contributed by atoms with Crippen LogP contribution in [-0.2, 0) is 14.4 Å². The van der Waals surface area contributed by atoms with Gasteiger partial charge in [0.2, 0.25) is 0 Å². The Morgan fingerprint density at radius 2 is 1.89 bits per heavy atom. The lowest BCUT2D eigenvalue weighted by Crippen LogP contribution is -2.20. The molecule has 7 heteroatoms. The van der Waals surface area contributed by atoms with E-state index in [1.807, 2.05) is 0 Å². The zero-order valence-corrected chi connectivity index (χ0v) is 9.83. The highest BCUT2D eigenvalue weighted by atomic mass is 16.7. The molecule has 0 aromatic heterocycles. The Kier molecular flexibility index (Phi) is 4.93. The molecule has 0 unspecified atom stereocenters. The summed E-state index contributed by atoms with van der Waals surface area (Å²) in [5.74, 6) is 0.620. The van der Waals surface area contributed by atoms with Crippen molar-refractivity contribution in [1.29, 1.82) is 0 Å². The molecule has 19 heavy (non-hydrogen) atoms. The molecule has 0 aliphatic heterocycles. The van der Waals surface area contributed by atoms with E-state index in [1.54, 1.807) is 30.2 Å². The number of nitrogens with two attached hydrogens (primary N) is 2. The molecule has 4 N–H and O–H groups in total. The van der Waals surface area contributed by atoms with Crippen LogP contribution in [0.1, 0.15) is 5.56 Å². The predicted octanol–water partition coefficient (Wildman–Crippen LogP) is -0.653. The average molecular weight is 261 g/mol. The van der Waals surface area contributed by atoms with Crippen LogP contribution in [-0.4, -0.2) is 24.3 Å². The van der Waals surface area contributed by atoms with Crippen molar-refractivity contribution in [3.8, 4) is 18.1 Å². The van der Waals surface area contributed by atoms with E-state index in [1.165, 1.54) is 0 Å². The summed E-state index contributed by atoms with van der Waals surface area (Å²) in [5.41, 5.74) is 11.0. The lowest BCUT2D eigenvalue weighted by Gasteiger charge is -2.04. The van der Waals surface area contributed by atoms with Crippen LogP contribution in [0, 0.1) is 12.3 Å². The fourth-order valence-electron chi connectivity index (χ4n) is 1.05. The molecule has 0 saturated heterocycles. The number of nitrogens with zero attached hydrogens (tertiary/aromatic N) is 1. The van der Waals surface area contributed by atoms with Crippen LogP contribution < -0.4 is 16.2 Å². The van der Waals surface area contributed by atoms with Gasteiger partial charge in [-0.2, -0.15) is 0 Å². The van der Waals surface area contributed by atoms with E-state index in [-0.39, 0.29) is 12.4 Å². The summed E-state index contributed by atoms with van der Waals surface area (Å²) in [6.45, 7) is -0.220. The number of rotatable bonds is 5. The lowest BCUT2D eigenvalue weighted by atomic mass is 10.2. The first-order chi connectivity index (χ1) is 9.02. The number of primary amides is 1. The van der Waals surface area contributed by atoms with Gasteiger partial charge in [-0.1, -0.05) is 5.16 Å². The number of carbonyl (C=O) groups excluding carboxylic acids is 2. The first-order valence-corrected chi connectivity index (χ1v) is 5.05. The molecular formula is C12H11N3O4. The second-order valence-electron chi connectivity index (χ2n) is 3.28. The molecule has 0 heterocycles. The van der Waals surface area contributed by atoms with Crippen molar-refractivity contribution in [2.24, 2.45) is 16.6 Å². The molecule has 0 spiro atoms. The normalized spacial score (nSPS) is 10.4. The van der Waals surface area contributed by atoms with E-state index in [9.17, 15) is 9.59 Å². The summed E-state index contributed by atoms with van der Waals surface area (Å²) in [6, 6.07) is 6.26. The molecule has 0 radical (unpaired) electrons. The van der Waals surface area contributed by atoms with Gasteiger partial charge in [-0.3, -0.25) is 4.79 Å². The number of ether oxygens (including phenoxy) is 1. The van der Waals surface area contributed by atoms with Crippen molar-refractivity contribution in [2.45, 2.75) is 0 Å². The summed E-state index contributed by atoms with van der Waals surface area (Å²) in [7, 11) is 0. The van der Waals surface area contributed by atoms with Crippen molar-refractivity contribution < 1.29 is 19.2 Å². The van der Waals surface area contributed by atoms with Crippen LogP contribution in [0.5, 0.6) is 5.75 Å². The maximum Gasteiger partial charge on any atom is 0.410 e. The fraction of sp³-hybridized carbons (Fsp3) is 0.0833. The molecule has 1 aromatic carbocycles. The molecular weight excluding hydrogens is 250 g/mol. The van der Waals surface area contributed by atoms with Gasteiger partial charge in [0.05, 0.1) is 0 Å². The fourth-order valence-corrected chi connectivity index (χ4v) is 1.05. The summed E-state index contributed by atoms with van der Waals surface area (Å²) in [6.07, 6.45) is 4.79. The highest BCUT2D eigenvalue weighted by Crippen LogP contribution is 2.11. The van der Waals surface area contributed by atoms with Gasteiger partial charge in [-0.05, 0) is 24.3 Å². The van der Waals surface area contributed by atoms with Crippen molar-refractivity contribution in [1.82, 2.24) is 0 Å². The van der Waals surface area contributed by atoms with Gasteiger partial charge in [-0.25, -0.2) is 4.79 Å². The topological polar surface area (TPSA) is 117 Å². The Morgan fingerprint density at radius 1 is 1.26 bits per heavy atom. The maximum atomic E-state index is 10.7. The Labute approximate surface area is 109 Å². The SMILES string of the molecule is C#CC(=O)O/N=C(\N)c1ccc(OCC(N)=O)cc1. The standard InChI is InChI=1S/C12H11N3O4/c1-2-11(17)19-15-12(14)8-3-5-9(6-4-8)18-7-10(13)16/h1,3-6H,7H2,(H2,13,16)(H2,14,15). The highest BCUT2D eigenvalue weighted by molar-refractivity contribution is 5.98. The minimum Gasteiger partial charge on any atom is -0.484 e. The zero-order chi connectivity index (χ0) is 14.3. The monoisotopic (exact) mass is 261 g/mol. The minimum atomic E-state index is -0.940. The van der Waals surface area contributed by atoms with E-state index in [0.717, 1.165) is 0 Å². The summed E-state index contributed by atoms with van der Waals surface area (Å²) >= 11 is 0. The Bertz CT molecular complexity index is 543. The van der Waals surface area contributed by atoms with Gasteiger partial charge in [0, 0.05) is 11.5 Å². The van der Waals surface area contributed by atoms with Crippen molar-refractivity contribution >= 4 is 17.7 Å². The van der Waals surface area contributed by atoms with E-state index in [4.69, 9.17) is 22.6 Å². The molecule has 98 valence electrons. The first-order valence-electron chi connectivity index (χ1n) is 5.05. The van der Waals surface area contributed by atoms with Crippen LogP contribution in [0.3, 0.4) is 0 Å². The Hall–Kier alpha value is -3.01. The number of benzene rings is 1. The smallest absolute Gasteiger partial charge is 0.410 e. The number of terminal acetylenes is 1. The zero-order valence-electron chi connectivity index (χ0n) is 9.83. The first kappa shape index (κ1) is 14.1. The molecule has 0 atom stereocenters. The number of carbonyl (C=O) groups is 2. The van der Waals surface area contributed by atoms with E-state index in [0.29, 0.717) is 11.3 Å². The van der Waals surface area contributed by atoms with Gasteiger partial charge in [-0.15, -0.1) is 6.42 Å². The summed E-state index contributed by atoms with van der Waals surface area (Å²) < 4.78 is 5.05. The summed E-state index contributed by atoms with van der Waals surface area (Å²) in [4.78, 5) is 25.5. The van der Waals surface area contributed by atoms with Gasteiger partial charge >= 0.3 is 5.97 Å². The number of amides is 1. The Morgan fingerprint density at radius 3 is 2.42 bits per heavy atom. The second kappa shape index (κ2) is 6.66.